The van der Waals surface area contributed by atoms with Crippen LogP contribution in [0.5, 0.6) is 0 Å². The second-order valence-corrected chi connectivity index (χ2v) is 20.5. The predicted octanol–water partition coefficient (Wildman–Crippen LogP) is 3.58. The fourth-order valence-corrected chi connectivity index (χ4v) is 11.9. The Balaban J connectivity index is 1.25. The van der Waals surface area contributed by atoms with Crippen LogP contribution in [0.2, 0.25) is 0 Å². The zero-order chi connectivity index (χ0) is 38.6. The monoisotopic (exact) mass is 830 g/mol. The smallest absolute Gasteiger partial charge is 0.275 e. The molecule has 19 heteroatoms. The molecule has 286 valence electrons. The van der Waals surface area contributed by atoms with Crippen molar-refractivity contribution in [1.29, 1.82) is 0 Å². The van der Waals surface area contributed by atoms with Crippen LogP contribution in [0.15, 0.2) is 79.0 Å². The first-order chi connectivity index (χ1) is 25.7. The molecular weight excluding hydrogens is 793 g/mol. The van der Waals surface area contributed by atoms with Gasteiger partial charge in [0, 0.05) is 24.4 Å². The average Bonchev–Trinajstić information content (AvgIpc) is 3.66. The third kappa shape index (κ3) is 7.24. The largest absolute Gasteiger partial charge is 0.339 e. The summed E-state index contributed by atoms with van der Waals surface area (Å²) in [5, 5.41) is 15.7. The molecule has 3 N–H and O–H groups in total. The molecule has 5 atom stereocenters. The second kappa shape index (κ2) is 14.6. The lowest BCUT2D eigenvalue weighted by Crippen LogP contribution is -2.59. The van der Waals surface area contributed by atoms with E-state index in [4.69, 9.17) is 0 Å². The van der Waals surface area contributed by atoms with Gasteiger partial charge in [0.05, 0.1) is 23.1 Å². The molecule has 0 bridgehead atoms. The van der Waals surface area contributed by atoms with E-state index in [1.165, 1.54) is 44.4 Å². The number of thiophene rings is 3. The van der Waals surface area contributed by atoms with Gasteiger partial charge in [0.25, 0.3) is 21.5 Å². The van der Waals surface area contributed by atoms with Crippen LogP contribution in [-0.4, -0.2) is 78.7 Å². The minimum absolute atomic E-state index is 0.00951. The van der Waals surface area contributed by atoms with Gasteiger partial charge in [-0.25, -0.2) is 21.5 Å². The number of carbonyl (C=O) groups excluding carboxylic acids is 3. The van der Waals surface area contributed by atoms with Crippen molar-refractivity contribution < 1.29 is 31.2 Å². The van der Waals surface area contributed by atoms with Crippen molar-refractivity contribution in [2.45, 2.75) is 72.7 Å². The van der Waals surface area contributed by atoms with Crippen LogP contribution < -0.4 is 20.3 Å². The second-order valence-electron chi connectivity index (χ2n) is 14.1. The summed E-state index contributed by atoms with van der Waals surface area (Å²) in [4.78, 5) is 58.0. The summed E-state index contributed by atoms with van der Waals surface area (Å²) in [5.74, 6) is -3.52. The summed E-state index contributed by atoms with van der Waals surface area (Å²) in [5.41, 5.74) is 0.448. The Morgan fingerprint density at radius 1 is 1.04 bits per heavy atom. The van der Waals surface area contributed by atoms with Crippen molar-refractivity contribution in [1.82, 2.24) is 29.4 Å². The van der Waals surface area contributed by atoms with Crippen LogP contribution in [0.1, 0.15) is 45.6 Å². The molecule has 1 saturated heterocycles. The average molecular weight is 831 g/mol. The quantitative estimate of drug-likeness (QED) is 0.159. The Hall–Kier alpha value is -4.01. The molecule has 0 unspecified atom stereocenters. The fraction of sp³-hybridized carbons (Fsp3) is 0.400. The number of sulfonamides is 2. The van der Waals surface area contributed by atoms with Crippen molar-refractivity contribution in [2.75, 3.05) is 6.54 Å². The van der Waals surface area contributed by atoms with Gasteiger partial charge in [-0.15, -0.1) is 17.9 Å². The Morgan fingerprint density at radius 2 is 1.74 bits per heavy atom. The van der Waals surface area contributed by atoms with Gasteiger partial charge in [0.1, 0.15) is 21.8 Å². The van der Waals surface area contributed by atoms with Gasteiger partial charge >= 0.3 is 0 Å². The molecule has 5 heterocycles. The van der Waals surface area contributed by atoms with Crippen molar-refractivity contribution in [2.24, 2.45) is 11.8 Å². The number of carbonyl (C=O) groups is 3. The Morgan fingerprint density at radius 3 is 2.31 bits per heavy atom. The van der Waals surface area contributed by atoms with E-state index < -0.39 is 84.1 Å². The van der Waals surface area contributed by atoms with Crippen LogP contribution >= 0.6 is 34.0 Å². The Kier molecular flexibility index (Phi) is 10.3. The molecule has 0 aromatic carbocycles. The molecule has 1 aliphatic heterocycles. The van der Waals surface area contributed by atoms with E-state index in [1.807, 2.05) is 33.7 Å². The maximum Gasteiger partial charge on any atom is 0.275 e. The van der Waals surface area contributed by atoms with Crippen molar-refractivity contribution in [3.05, 3.63) is 80.4 Å². The summed E-state index contributed by atoms with van der Waals surface area (Å²) < 4.78 is 58.1. The van der Waals surface area contributed by atoms with Crippen LogP contribution in [0.3, 0.4) is 0 Å². The van der Waals surface area contributed by atoms with Gasteiger partial charge in [-0.2, -0.15) is 32.5 Å². The predicted molar refractivity (Wildman–Crippen MR) is 207 cm³/mol. The van der Waals surface area contributed by atoms with Crippen molar-refractivity contribution in [3.63, 3.8) is 0 Å². The molecule has 3 aliphatic rings. The normalized spacial score (nSPS) is 23.2. The van der Waals surface area contributed by atoms with E-state index in [9.17, 15) is 36.0 Å². The number of aromatic nitrogens is 2. The molecular formula is C35H38N6O8S5. The van der Waals surface area contributed by atoms with E-state index in [1.54, 1.807) is 31.5 Å². The fourth-order valence-electron chi connectivity index (χ4n) is 6.84. The van der Waals surface area contributed by atoms with Crippen LogP contribution in [0, 0.1) is 11.8 Å². The minimum atomic E-state index is -4.13. The summed E-state index contributed by atoms with van der Waals surface area (Å²) in [7, 11) is -8.08. The number of rotatable bonds is 14. The summed E-state index contributed by atoms with van der Waals surface area (Å²) in [6.07, 6.45) is 3.88. The zero-order valence-corrected chi connectivity index (χ0v) is 33.3. The first-order valence-corrected chi connectivity index (χ1v) is 23.0. The summed E-state index contributed by atoms with van der Waals surface area (Å²) in [6.45, 7) is 6.91. The lowest BCUT2D eigenvalue weighted by atomic mass is 10.0. The number of amides is 3. The molecule has 7 rings (SSSR count). The van der Waals surface area contributed by atoms with E-state index in [-0.39, 0.29) is 23.6 Å². The highest BCUT2D eigenvalue weighted by atomic mass is 32.2. The van der Waals surface area contributed by atoms with E-state index in [0.29, 0.717) is 29.5 Å². The van der Waals surface area contributed by atoms with Gasteiger partial charge in [0.2, 0.25) is 21.8 Å². The molecule has 3 amide bonds. The third-order valence-electron chi connectivity index (χ3n) is 10.1. The first kappa shape index (κ1) is 38.3. The molecule has 0 radical (unpaired) electrons. The van der Waals surface area contributed by atoms with Gasteiger partial charge < -0.3 is 10.2 Å². The molecule has 2 saturated carbocycles. The molecule has 54 heavy (non-hydrogen) atoms. The zero-order valence-electron chi connectivity index (χ0n) is 29.2. The lowest BCUT2D eigenvalue weighted by molar-refractivity contribution is -0.141. The number of hydrogen-bond acceptors (Lipinski definition) is 12. The molecule has 4 aromatic rings. The molecule has 0 spiro atoms. The maximum atomic E-state index is 14.5. The van der Waals surface area contributed by atoms with Gasteiger partial charge in [-0.1, -0.05) is 26.0 Å². The third-order valence-corrected chi connectivity index (χ3v) is 16.1. The topological polar surface area (TPSA) is 194 Å². The standard InChI is InChI=1S/C35H38N6O8S5/c1-4-23-15-35(23,34(45)39-53(46,47)25-7-8-25)37-31(42)27-14-24(17-40(27)33(44)30(20(2)3)38-54(48,49)28-6-5-11-52-28)41-32(43)29(22-10-13-51-19-22)26(16-36-41)21-9-12-50-18-21/h4-6,9-13,16,18-20,23-25,27,30,38H,1,7-8,14-15,17H2,2-3H3,(H,37,42)(H,39,45)/t23-,24-,27+,30+,35-/m1/s1. The van der Waals surface area contributed by atoms with E-state index in [2.05, 4.69) is 26.4 Å². The van der Waals surface area contributed by atoms with Crippen LogP contribution in [0.4, 0.5) is 0 Å². The highest BCUT2D eigenvalue weighted by Gasteiger charge is 2.62. The van der Waals surface area contributed by atoms with E-state index >= 15 is 0 Å². The lowest BCUT2D eigenvalue weighted by Gasteiger charge is -2.31. The van der Waals surface area contributed by atoms with E-state index in [0.717, 1.165) is 16.9 Å². The maximum absolute atomic E-state index is 14.5. The highest BCUT2D eigenvalue weighted by Crippen LogP contribution is 2.46. The van der Waals surface area contributed by atoms with Crippen LogP contribution in [0.25, 0.3) is 22.3 Å². The van der Waals surface area contributed by atoms with Gasteiger partial charge in [0.15, 0.2) is 0 Å². The molecule has 2 aliphatic carbocycles. The molecule has 4 aromatic heterocycles. The van der Waals surface area contributed by atoms with Crippen molar-refractivity contribution in [3.8, 4) is 22.3 Å². The van der Waals surface area contributed by atoms with Crippen LogP contribution in [-0.2, 0) is 34.4 Å². The first-order valence-electron chi connectivity index (χ1n) is 17.2. The minimum Gasteiger partial charge on any atom is -0.339 e. The summed E-state index contributed by atoms with van der Waals surface area (Å²) in [6, 6.07) is 3.28. The van der Waals surface area contributed by atoms with Gasteiger partial charge in [-0.05, 0) is 81.4 Å². The highest BCUT2D eigenvalue weighted by molar-refractivity contribution is 7.91. The SMILES string of the molecule is C=C[C@@H]1C[C@]1(NC(=O)[C@@H]1C[C@@H](n2ncc(-c3ccsc3)c(-c3ccsc3)c2=O)CN1C(=O)[C@@H](NS(=O)(=O)c1cccs1)C(C)C)C(=O)NS(=O)(=O)C1CC1. The number of hydrogen-bond donors (Lipinski definition) is 3. The number of nitrogens with zero attached hydrogens (tertiary/aromatic N) is 3. The summed E-state index contributed by atoms with van der Waals surface area (Å²) >= 11 is 3.88. The number of nitrogens with one attached hydrogen (secondary N) is 3. The Labute approximate surface area is 324 Å². The molecule has 14 nitrogen and oxygen atoms in total. The number of likely N-dealkylation sites (tertiary alicyclic amines) is 1. The van der Waals surface area contributed by atoms with Crippen molar-refractivity contribution >= 4 is 71.8 Å². The molecule has 3 fully saturated rings. The van der Waals surface area contributed by atoms with Gasteiger partial charge in [-0.3, -0.25) is 23.9 Å². The Bertz CT molecular complexity index is 2350.